The standard InChI is InChI=1S/C27H42O/c1-20-10-6-7-12-22(20)14-15-23-13-9-19-27(5)24(16-17-25(23)27)21(2)11-8-18-26(3,4)28/h7,12,14-15,21,24-25,28H,1,6,8-11,13,16-19H2,2-5H3/b22-14-,23-15+/t21-,24-,25+,27-/m1/s1. The van der Waals surface area contributed by atoms with Crippen molar-refractivity contribution in [2.24, 2.45) is 23.2 Å². The Morgan fingerprint density at radius 1 is 1.29 bits per heavy atom. The van der Waals surface area contributed by atoms with Crippen LogP contribution < -0.4 is 0 Å². The van der Waals surface area contributed by atoms with Crippen molar-refractivity contribution in [1.82, 2.24) is 0 Å². The molecule has 3 aliphatic carbocycles. The normalized spacial score (nSPS) is 34.8. The summed E-state index contributed by atoms with van der Waals surface area (Å²) in [6, 6.07) is 0. The Morgan fingerprint density at radius 3 is 2.79 bits per heavy atom. The lowest BCUT2D eigenvalue weighted by molar-refractivity contribution is 0.0597. The van der Waals surface area contributed by atoms with Gasteiger partial charge in [0.15, 0.2) is 0 Å². The van der Waals surface area contributed by atoms with Crippen molar-refractivity contribution in [3.05, 3.63) is 47.6 Å². The molecule has 1 heteroatoms. The van der Waals surface area contributed by atoms with Crippen molar-refractivity contribution in [3.8, 4) is 0 Å². The summed E-state index contributed by atoms with van der Waals surface area (Å²) in [6.07, 6.45) is 21.7. The van der Waals surface area contributed by atoms with Crippen molar-refractivity contribution < 1.29 is 5.11 Å². The summed E-state index contributed by atoms with van der Waals surface area (Å²) >= 11 is 0. The van der Waals surface area contributed by atoms with E-state index in [1.165, 1.54) is 49.7 Å². The summed E-state index contributed by atoms with van der Waals surface area (Å²) in [5.41, 5.74) is 4.27. The summed E-state index contributed by atoms with van der Waals surface area (Å²) in [4.78, 5) is 0. The molecular weight excluding hydrogens is 340 g/mol. The fourth-order valence-electron chi connectivity index (χ4n) is 6.37. The van der Waals surface area contributed by atoms with Crippen LogP contribution in [0.15, 0.2) is 47.6 Å². The summed E-state index contributed by atoms with van der Waals surface area (Å²) in [5, 5.41) is 10.0. The van der Waals surface area contributed by atoms with Crippen molar-refractivity contribution in [1.29, 1.82) is 0 Å². The van der Waals surface area contributed by atoms with Crippen molar-refractivity contribution >= 4 is 0 Å². The number of fused-ring (bicyclic) bond motifs is 1. The molecule has 2 saturated carbocycles. The summed E-state index contributed by atoms with van der Waals surface area (Å²) in [7, 11) is 0. The van der Waals surface area contributed by atoms with E-state index in [1.807, 2.05) is 13.8 Å². The Bertz CT molecular complexity index is 656. The zero-order chi connectivity index (χ0) is 20.4. The Hall–Kier alpha value is -1.08. The highest BCUT2D eigenvalue weighted by Crippen LogP contribution is 2.59. The first-order valence-electron chi connectivity index (χ1n) is 11.7. The first-order valence-corrected chi connectivity index (χ1v) is 11.7. The van der Waals surface area contributed by atoms with Gasteiger partial charge in [0.25, 0.3) is 0 Å². The fraction of sp³-hybridized carbons (Fsp3) is 0.704. The van der Waals surface area contributed by atoms with Gasteiger partial charge >= 0.3 is 0 Å². The van der Waals surface area contributed by atoms with Crippen LogP contribution in [0.3, 0.4) is 0 Å². The van der Waals surface area contributed by atoms with E-state index < -0.39 is 5.60 Å². The summed E-state index contributed by atoms with van der Waals surface area (Å²) < 4.78 is 0. The maximum absolute atomic E-state index is 10.0. The molecule has 3 aliphatic rings. The lowest BCUT2D eigenvalue weighted by Gasteiger charge is -2.44. The molecule has 0 amide bonds. The minimum atomic E-state index is -0.520. The quantitative estimate of drug-likeness (QED) is 0.503. The van der Waals surface area contributed by atoms with Crippen LogP contribution in [0.4, 0.5) is 0 Å². The van der Waals surface area contributed by atoms with Crippen LogP contribution in [0.25, 0.3) is 0 Å². The third-order valence-electron chi connectivity index (χ3n) is 7.97. The topological polar surface area (TPSA) is 20.2 Å². The molecule has 0 bridgehead atoms. The maximum Gasteiger partial charge on any atom is 0.0591 e. The first kappa shape index (κ1) is 21.6. The van der Waals surface area contributed by atoms with Crippen LogP contribution >= 0.6 is 0 Å². The van der Waals surface area contributed by atoms with E-state index in [0.29, 0.717) is 5.41 Å². The van der Waals surface area contributed by atoms with Gasteiger partial charge in [0, 0.05) is 0 Å². The van der Waals surface area contributed by atoms with Gasteiger partial charge in [-0.2, -0.15) is 0 Å². The minimum Gasteiger partial charge on any atom is -0.390 e. The Labute approximate surface area is 173 Å². The van der Waals surface area contributed by atoms with Crippen LogP contribution in [-0.4, -0.2) is 10.7 Å². The van der Waals surface area contributed by atoms with Crippen LogP contribution in [0.2, 0.25) is 0 Å². The molecule has 0 aromatic heterocycles. The molecule has 0 spiro atoms. The van der Waals surface area contributed by atoms with Gasteiger partial charge in [-0.05, 0) is 99.5 Å². The van der Waals surface area contributed by atoms with Crippen LogP contribution in [-0.2, 0) is 0 Å². The zero-order valence-corrected chi connectivity index (χ0v) is 18.8. The molecule has 156 valence electrons. The third-order valence-corrected chi connectivity index (χ3v) is 7.97. The van der Waals surface area contributed by atoms with E-state index in [4.69, 9.17) is 0 Å². The maximum atomic E-state index is 10.0. The van der Waals surface area contributed by atoms with E-state index in [2.05, 4.69) is 44.7 Å². The molecule has 28 heavy (non-hydrogen) atoms. The molecule has 3 rings (SSSR count). The minimum absolute atomic E-state index is 0.468. The van der Waals surface area contributed by atoms with E-state index in [-0.39, 0.29) is 0 Å². The predicted octanol–water partition coefficient (Wildman–Crippen LogP) is 7.54. The lowest BCUT2D eigenvalue weighted by atomic mass is 9.60. The average molecular weight is 383 g/mol. The third kappa shape index (κ3) is 4.90. The van der Waals surface area contributed by atoms with Gasteiger partial charge in [-0.15, -0.1) is 0 Å². The number of allylic oxidation sites excluding steroid dienone is 7. The van der Waals surface area contributed by atoms with Gasteiger partial charge in [-0.3, -0.25) is 0 Å². The molecule has 0 unspecified atom stereocenters. The molecule has 1 N–H and O–H groups in total. The molecule has 0 aliphatic heterocycles. The van der Waals surface area contributed by atoms with E-state index in [9.17, 15) is 5.11 Å². The van der Waals surface area contributed by atoms with E-state index in [1.54, 1.807) is 5.57 Å². The largest absolute Gasteiger partial charge is 0.390 e. The predicted molar refractivity (Wildman–Crippen MR) is 121 cm³/mol. The van der Waals surface area contributed by atoms with Gasteiger partial charge in [0.05, 0.1) is 5.60 Å². The molecule has 2 fully saturated rings. The van der Waals surface area contributed by atoms with Crippen molar-refractivity contribution in [3.63, 3.8) is 0 Å². The molecule has 0 saturated heterocycles. The second kappa shape index (κ2) is 8.74. The second-order valence-corrected chi connectivity index (χ2v) is 10.7. The van der Waals surface area contributed by atoms with Crippen LogP contribution in [0.1, 0.15) is 91.9 Å². The second-order valence-electron chi connectivity index (χ2n) is 10.7. The highest BCUT2D eigenvalue weighted by Gasteiger charge is 2.50. The first-order chi connectivity index (χ1) is 13.2. The SMILES string of the molecule is C=C1CCC=C/C1=C/C=C1\CCC[C@]2(C)[C@@H]([C@H](C)CCCC(C)(C)O)CC[C@@H]12. The lowest BCUT2D eigenvalue weighted by Crippen LogP contribution is -2.36. The monoisotopic (exact) mass is 382 g/mol. The zero-order valence-electron chi connectivity index (χ0n) is 18.8. The van der Waals surface area contributed by atoms with Gasteiger partial charge < -0.3 is 5.11 Å². The molecule has 0 heterocycles. The fourth-order valence-corrected chi connectivity index (χ4v) is 6.37. The number of hydrogen-bond acceptors (Lipinski definition) is 1. The number of aliphatic hydroxyl groups is 1. The summed E-state index contributed by atoms with van der Waals surface area (Å²) in [5.74, 6) is 2.36. The molecule has 0 radical (unpaired) electrons. The van der Waals surface area contributed by atoms with Crippen LogP contribution in [0, 0.1) is 23.2 Å². The molecule has 0 aromatic carbocycles. The van der Waals surface area contributed by atoms with Gasteiger partial charge in [0.1, 0.15) is 0 Å². The van der Waals surface area contributed by atoms with Crippen molar-refractivity contribution in [2.45, 2.75) is 97.5 Å². The van der Waals surface area contributed by atoms with E-state index in [0.717, 1.165) is 43.4 Å². The Morgan fingerprint density at radius 2 is 2.07 bits per heavy atom. The Balaban J connectivity index is 1.69. The van der Waals surface area contributed by atoms with E-state index >= 15 is 0 Å². The smallest absolute Gasteiger partial charge is 0.0591 e. The highest BCUT2D eigenvalue weighted by atomic mass is 16.3. The molecular formula is C27H42O. The van der Waals surface area contributed by atoms with Gasteiger partial charge in [-0.1, -0.05) is 63.1 Å². The molecule has 1 nitrogen and oxygen atoms in total. The summed E-state index contributed by atoms with van der Waals surface area (Å²) in [6.45, 7) is 13.2. The van der Waals surface area contributed by atoms with Crippen molar-refractivity contribution in [2.75, 3.05) is 0 Å². The number of rotatable bonds is 6. The average Bonchev–Trinajstić information content (AvgIpc) is 2.97. The Kier molecular flexibility index (Phi) is 6.75. The molecule has 4 atom stereocenters. The molecule has 0 aromatic rings. The van der Waals surface area contributed by atoms with Gasteiger partial charge in [0.2, 0.25) is 0 Å². The van der Waals surface area contributed by atoms with Crippen LogP contribution in [0.5, 0.6) is 0 Å². The van der Waals surface area contributed by atoms with Gasteiger partial charge in [-0.25, -0.2) is 0 Å². The highest BCUT2D eigenvalue weighted by molar-refractivity contribution is 5.43. The number of hydrogen-bond donors (Lipinski definition) is 1.